The van der Waals surface area contributed by atoms with E-state index in [1.54, 1.807) is 0 Å². The summed E-state index contributed by atoms with van der Waals surface area (Å²) in [5.41, 5.74) is 0. The van der Waals surface area contributed by atoms with Gasteiger partial charge in [0.15, 0.2) is 0 Å². The molecule has 0 aromatic heterocycles. The molecule has 0 heterocycles. The highest BCUT2D eigenvalue weighted by atomic mass is 16.4. The quantitative estimate of drug-likeness (QED) is 0.565. The minimum atomic E-state index is -1.02. The second-order valence-corrected chi connectivity index (χ2v) is 3.49. The summed E-state index contributed by atoms with van der Waals surface area (Å²) in [7, 11) is 0. The van der Waals surface area contributed by atoms with Crippen molar-refractivity contribution in [3.63, 3.8) is 0 Å². The number of amides is 1. The molecule has 82 valence electrons. The highest BCUT2D eigenvalue weighted by Gasteiger charge is 2.13. The number of rotatable bonds is 6. The number of carboxylic acid groups (broad SMARTS) is 1. The van der Waals surface area contributed by atoms with E-state index in [9.17, 15) is 9.59 Å². The molecule has 0 aliphatic heterocycles. The topological polar surface area (TPSA) is 78.4 Å². The SMILES string of the molecule is CC(C)NCCC(=O)N[C@@H](C)C(=O)O. The smallest absolute Gasteiger partial charge is 0.325 e. The number of aliphatic carboxylic acids is 1. The highest BCUT2D eigenvalue weighted by molar-refractivity contribution is 5.83. The molecule has 0 bridgehead atoms. The number of nitrogens with one attached hydrogen (secondary N) is 2. The molecule has 0 aliphatic rings. The maximum absolute atomic E-state index is 11.1. The molecule has 0 aromatic carbocycles. The minimum Gasteiger partial charge on any atom is -0.480 e. The summed E-state index contributed by atoms with van der Waals surface area (Å²) < 4.78 is 0. The average Bonchev–Trinajstić information content (AvgIpc) is 2.02. The first-order valence-electron chi connectivity index (χ1n) is 4.69. The standard InChI is InChI=1S/C9H18N2O3/c1-6(2)10-5-4-8(12)11-7(3)9(13)14/h6-7,10H,4-5H2,1-3H3,(H,11,12)(H,13,14)/t7-/m0/s1. The summed E-state index contributed by atoms with van der Waals surface area (Å²) in [6.07, 6.45) is 0.301. The summed E-state index contributed by atoms with van der Waals surface area (Å²) in [5, 5.41) is 14.0. The lowest BCUT2D eigenvalue weighted by Gasteiger charge is -2.10. The Labute approximate surface area is 83.9 Å². The van der Waals surface area contributed by atoms with E-state index in [1.807, 2.05) is 13.8 Å². The Morgan fingerprint density at radius 2 is 1.86 bits per heavy atom. The van der Waals surface area contributed by atoms with E-state index in [1.165, 1.54) is 6.92 Å². The van der Waals surface area contributed by atoms with Gasteiger partial charge in [-0.25, -0.2) is 0 Å². The molecular formula is C9H18N2O3. The molecule has 0 fully saturated rings. The van der Waals surface area contributed by atoms with Gasteiger partial charge in [-0.2, -0.15) is 0 Å². The van der Waals surface area contributed by atoms with E-state index in [2.05, 4.69) is 10.6 Å². The van der Waals surface area contributed by atoms with Crippen LogP contribution in [0.2, 0.25) is 0 Å². The van der Waals surface area contributed by atoms with Gasteiger partial charge in [-0.3, -0.25) is 9.59 Å². The van der Waals surface area contributed by atoms with Crippen LogP contribution < -0.4 is 10.6 Å². The first-order valence-corrected chi connectivity index (χ1v) is 4.69. The molecule has 5 nitrogen and oxygen atoms in total. The van der Waals surface area contributed by atoms with Gasteiger partial charge < -0.3 is 15.7 Å². The van der Waals surface area contributed by atoms with E-state index in [0.29, 0.717) is 19.0 Å². The van der Waals surface area contributed by atoms with Crippen LogP contribution in [0, 0.1) is 0 Å². The normalized spacial score (nSPS) is 12.6. The molecule has 0 saturated heterocycles. The fourth-order valence-electron chi connectivity index (χ4n) is 0.850. The molecule has 14 heavy (non-hydrogen) atoms. The van der Waals surface area contributed by atoms with Crippen LogP contribution in [0.1, 0.15) is 27.2 Å². The predicted octanol–water partition coefficient (Wildman–Crippen LogP) is -0.0362. The van der Waals surface area contributed by atoms with Crippen molar-refractivity contribution in [1.29, 1.82) is 0 Å². The number of hydrogen-bond donors (Lipinski definition) is 3. The Morgan fingerprint density at radius 1 is 1.29 bits per heavy atom. The maximum Gasteiger partial charge on any atom is 0.325 e. The largest absolute Gasteiger partial charge is 0.480 e. The molecule has 0 rings (SSSR count). The molecule has 0 saturated carbocycles. The van der Waals surface area contributed by atoms with Crippen molar-refractivity contribution in [2.24, 2.45) is 0 Å². The van der Waals surface area contributed by atoms with Crippen LogP contribution in [0.3, 0.4) is 0 Å². The number of carboxylic acids is 1. The van der Waals surface area contributed by atoms with E-state index in [4.69, 9.17) is 5.11 Å². The number of hydrogen-bond acceptors (Lipinski definition) is 3. The molecule has 5 heteroatoms. The van der Waals surface area contributed by atoms with Crippen molar-refractivity contribution in [1.82, 2.24) is 10.6 Å². The first-order chi connectivity index (χ1) is 6.43. The number of carbonyl (C=O) groups is 2. The van der Waals surface area contributed by atoms with E-state index < -0.39 is 12.0 Å². The van der Waals surface area contributed by atoms with Gasteiger partial charge in [-0.15, -0.1) is 0 Å². The van der Waals surface area contributed by atoms with Crippen LogP contribution in [-0.4, -0.2) is 35.6 Å². The van der Waals surface area contributed by atoms with E-state index in [-0.39, 0.29) is 5.91 Å². The molecule has 3 N–H and O–H groups in total. The first kappa shape index (κ1) is 12.9. The van der Waals surface area contributed by atoms with Gasteiger partial charge >= 0.3 is 5.97 Å². The Morgan fingerprint density at radius 3 is 2.29 bits per heavy atom. The van der Waals surface area contributed by atoms with Crippen molar-refractivity contribution in [3.8, 4) is 0 Å². The molecule has 0 aliphatic carbocycles. The maximum atomic E-state index is 11.1. The summed E-state index contributed by atoms with van der Waals surface area (Å²) in [4.78, 5) is 21.5. The van der Waals surface area contributed by atoms with Crippen LogP contribution in [0.4, 0.5) is 0 Å². The summed E-state index contributed by atoms with van der Waals surface area (Å²) in [5.74, 6) is -1.26. The highest BCUT2D eigenvalue weighted by Crippen LogP contribution is 1.85. The lowest BCUT2D eigenvalue weighted by Crippen LogP contribution is -2.39. The van der Waals surface area contributed by atoms with Crippen LogP contribution in [-0.2, 0) is 9.59 Å². The number of carbonyl (C=O) groups excluding carboxylic acids is 1. The minimum absolute atomic E-state index is 0.243. The molecular weight excluding hydrogens is 184 g/mol. The van der Waals surface area contributed by atoms with Crippen molar-refractivity contribution in [2.45, 2.75) is 39.3 Å². The third-order valence-electron chi connectivity index (χ3n) is 1.65. The van der Waals surface area contributed by atoms with E-state index in [0.717, 1.165) is 0 Å². The average molecular weight is 202 g/mol. The van der Waals surface area contributed by atoms with E-state index >= 15 is 0 Å². The van der Waals surface area contributed by atoms with Gasteiger partial charge in [0.1, 0.15) is 6.04 Å². The summed E-state index contributed by atoms with van der Waals surface area (Å²) in [6, 6.07) is -0.485. The summed E-state index contributed by atoms with van der Waals surface area (Å²) in [6.45, 7) is 5.97. The Bertz CT molecular complexity index is 204. The summed E-state index contributed by atoms with van der Waals surface area (Å²) >= 11 is 0. The zero-order chi connectivity index (χ0) is 11.1. The molecule has 0 unspecified atom stereocenters. The fraction of sp³-hybridized carbons (Fsp3) is 0.778. The van der Waals surface area contributed by atoms with Gasteiger partial charge in [0.25, 0.3) is 0 Å². The second-order valence-electron chi connectivity index (χ2n) is 3.49. The van der Waals surface area contributed by atoms with Gasteiger partial charge in [-0.1, -0.05) is 13.8 Å². The lowest BCUT2D eigenvalue weighted by atomic mass is 10.3. The zero-order valence-electron chi connectivity index (χ0n) is 8.83. The molecule has 1 amide bonds. The van der Waals surface area contributed by atoms with Gasteiger partial charge in [0, 0.05) is 19.0 Å². The van der Waals surface area contributed by atoms with Gasteiger partial charge in [0.2, 0.25) is 5.91 Å². The van der Waals surface area contributed by atoms with Crippen LogP contribution in [0.25, 0.3) is 0 Å². The van der Waals surface area contributed by atoms with Crippen molar-refractivity contribution in [3.05, 3.63) is 0 Å². The monoisotopic (exact) mass is 202 g/mol. The lowest BCUT2D eigenvalue weighted by molar-refractivity contribution is -0.141. The molecule has 1 atom stereocenters. The van der Waals surface area contributed by atoms with Crippen LogP contribution >= 0.6 is 0 Å². The molecule has 0 aromatic rings. The van der Waals surface area contributed by atoms with Gasteiger partial charge in [-0.05, 0) is 6.92 Å². The fourth-order valence-corrected chi connectivity index (χ4v) is 0.850. The Balaban J connectivity index is 3.60. The third kappa shape index (κ3) is 6.42. The van der Waals surface area contributed by atoms with Crippen molar-refractivity contribution in [2.75, 3.05) is 6.54 Å². The molecule has 0 spiro atoms. The third-order valence-corrected chi connectivity index (χ3v) is 1.65. The molecule has 0 radical (unpaired) electrons. The predicted molar refractivity (Wildman–Crippen MR) is 53.0 cm³/mol. The van der Waals surface area contributed by atoms with Crippen LogP contribution in [0.5, 0.6) is 0 Å². The van der Waals surface area contributed by atoms with Crippen molar-refractivity contribution < 1.29 is 14.7 Å². The Hall–Kier alpha value is -1.10. The van der Waals surface area contributed by atoms with Crippen LogP contribution in [0.15, 0.2) is 0 Å². The Kier molecular flexibility index (Phi) is 5.87. The second kappa shape index (κ2) is 6.37. The van der Waals surface area contributed by atoms with Crippen molar-refractivity contribution >= 4 is 11.9 Å². The zero-order valence-corrected chi connectivity index (χ0v) is 8.83. The van der Waals surface area contributed by atoms with Gasteiger partial charge in [0.05, 0.1) is 0 Å².